The molecule has 3 heteroatoms. The Morgan fingerprint density at radius 1 is 1.14 bits per heavy atom. The maximum atomic E-state index is 5.45. The molecule has 1 fully saturated rings. The van der Waals surface area contributed by atoms with Gasteiger partial charge in [-0.15, -0.1) is 0 Å². The summed E-state index contributed by atoms with van der Waals surface area (Å²) in [5, 5.41) is 0. The topological polar surface area (TPSA) is 25.4 Å². The van der Waals surface area contributed by atoms with Crippen molar-refractivity contribution in [2.75, 3.05) is 27.2 Å². The maximum Gasteiger partial charge on any atom is 0.128 e. The van der Waals surface area contributed by atoms with E-state index in [1.165, 1.54) is 25.1 Å². The number of nitrogens with zero attached hydrogens (tertiary/aromatic N) is 2. The predicted molar refractivity (Wildman–Crippen MR) is 85.7 cm³/mol. The van der Waals surface area contributed by atoms with E-state index in [0.717, 1.165) is 23.6 Å². The summed E-state index contributed by atoms with van der Waals surface area (Å²) < 4.78 is 5.45. The average molecular weight is 282 g/mol. The molecule has 3 nitrogen and oxygen atoms in total. The van der Waals surface area contributed by atoms with Crippen molar-refractivity contribution in [3.8, 4) is 17.0 Å². The Kier molecular flexibility index (Phi) is 4.20. The number of likely N-dealkylation sites (tertiary alicyclic amines) is 1. The van der Waals surface area contributed by atoms with E-state index in [0.29, 0.717) is 5.92 Å². The molecule has 2 heterocycles. The summed E-state index contributed by atoms with van der Waals surface area (Å²) in [6, 6.07) is 14.4. The molecule has 0 amide bonds. The van der Waals surface area contributed by atoms with Crippen molar-refractivity contribution in [3.05, 3.63) is 48.2 Å². The number of hydrogen-bond donors (Lipinski definition) is 0. The van der Waals surface area contributed by atoms with Crippen molar-refractivity contribution in [1.29, 1.82) is 0 Å². The van der Waals surface area contributed by atoms with E-state index in [9.17, 15) is 0 Å². The van der Waals surface area contributed by atoms with Crippen molar-refractivity contribution in [2.24, 2.45) is 0 Å². The molecule has 21 heavy (non-hydrogen) atoms. The number of aromatic nitrogens is 1. The molecule has 110 valence electrons. The van der Waals surface area contributed by atoms with Crippen LogP contribution in [0.15, 0.2) is 42.5 Å². The van der Waals surface area contributed by atoms with Gasteiger partial charge in [0.1, 0.15) is 5.75 Å². The fourth-order valence-corrected chi connectivity index (χ4v) is 3.09. The average Bonchev–Trinajstić information content (AvgIpc) is 2.55. The van der Waals surface area contributed by atoms with Gasteiger partial charge < -0.3 is 9.64 Å². The second-order valence-corrected chi connectivity index (χ2v) is 5.75. The van der Waals surface area contributed by atoms with Crippen molar-refractivity contribution in [2.45, 2.75) is 18.8 Å². The van der Waals surface area contributed by atoms with E-state index >= 15 is 0 Å². The molecular weight excluding hydrogens is 260 g/mol. The van der Waals surface area contributed by atoms with Gasteiger partial charge in [0.2, 0.25) is 0 Å². The van der Waals surface area contributed by atoms with Gasteiger partial charge in [-0.3, -0.25) is 4.98 Å². The third-order valence-electron chi connectivity index (χ3n) is 4.20. The molecule has 1 aliphatic heterocycles. The molecule has 3 rings (SSSR count). The number of likely N-dealkylation sites (N-methyl/N-ethyl adjacent to an activating group) is 1. The first-order valence-corrected chi connectivity index (χ1v) is 7.57. The Balaban J connectivity index is 1.92. The highest BCUT2D eigenvalue weighted by Crippen LogP contribution is 2.31. The molecule has 0 saturated carbocycles. The van der Waals surface area contributed by atoms with Crippen LogP contribution in [0.5, 0.6) is 5.75 Å². The van der Waals surface area contributed by atoms with Crippen LogP contribution in [-0.2, 0) is 0 Å². The fraction of sp³-hybridized carbons (Fsp3) is 0.389. The van der Waals surface area contributed by atoms with Crippen LogP contribution >= 0.6 is 0 Å². The molecule has 0 radical (unpaired) electrons. The Labute approximate surface area is 126 Å². The Hall–Kier alpha value is -1.87. The first kappa shape index (κ1) is 14.1. The third-order valence-corrected chi connectivity index (χ3v) is 4.20. The zero-order valence-corrected chi connectivity index (χ0v) is 12.7. The second-order valence-electron chi connectivity index (χ2n) is 5.75. The number of ether oxygens (including phenoxy) is 1. The minimum Gasteiger partial charge on any atom is -0.496 e. The molecule has 0 N–H and O–H groups in total. The van der Waals surface area contributed by atoms with Gasteiger partial charge in [-0.25, -0.2) is 0 Å². The minimum atomic E-state index is 0.540. The summed E-state index contributed by atoms with van der Waals surface area (Å²) in [4.78, 5) is 7.30. The zero-order valence-electron chi connectivity index (χ0n) is 12.7. The van der Waals surface area contributed by atoms with Crippen molar-refractivity contribution in [3.63, 3.8) is 0 Å². The van der Waals surface area contributed by atoms with Crippen molar-refractivity contribution in [1.82, 2.24) is 9.88 Å². The van der Waals surface area contributed by atoms with Gasteiger partial charge in [-0.05, 0) is 50.7 Å². The van der Waals surface area contributed by atoms with Crippen molar-refractivity contribution < 1.29 is 4.74 Å². The Morgan fingerprint density at radius 2 is 2.00 bits per heavy atom. The molecule has 1 atom stereocenters. The van der Waals surface area contributed by atoms with Crippen LogP contribution in [-0.4, -0.2) is 37.1 Å². The third kappa shape index (κ3) is 3.08. The number of pyridine rings is 1. The number of rotatable bonds is 3. The van der Waals surface area contributed by atoms with Crippen LogP contribution < -0.4 is 4.74 Å². The van der Waals surface area contributed by atoms with E-state index in [1.807, 2.05) is 18.2 Å². The predicted octanol–water partition coefficient (Wildman–Crippen LogP) is 3.57. The Morgan fingerprint density at radius 3 is 2.81 bits per heavy atom. The van der Waals surface area contributed by atoms with Crippen LogP contribution in [0.4, 0.5) is 0 Å². The van der Waals surface area contributed by atoms with Gasteiger partial charge in [0, 0.05) is 23.7 Å². The first-order valence-electron chi connectivity index (χ1n) is 7.57. The summed E-state index contributed by atoms with van der Waals surface area (Å²) in [7, 11) is 3.90. The standard InChI is InChI=1S/C18H22N2O/c1-20-12-6-7-14(13-20)16-9-5-10-17(19-16)15-8-3-4-11-18(15)21-2/h3-5,8-11,14H,6-7,12-13H2,1-2H3. The number of benzene rings is 1. The monoisotopic (exact) mass is 282 g/mol. The molecule has 1 aromatic carbocycles. The molecule has 0 bridgehead atoms. The highest BCUT2D eigenvalue weighted by atomic mass is 16.5. The maximum absolute atomic E-state index is 5.45. The van der Waals surface area contributed by atoms with Gasteiger partial charge in [0.05, 0.1) is 12.8 Å². The minimum absolute atomic E-state index is 0.540. The molecular formula is C18H22N2O. The van der Waals surface area contributed by atoms with Crippen LogP contribution in [0.25, 0.3) is 11.3 Å². The van der Waals surface area contributed by atoms with Crippen LogP contribution in [0, 0.1) is 0 Å². The van der Waals surface area contributed by atoms with E-state index in [2.05, 4.69) is 36.2 Å². The van der Waals surface area contributed by atoms with Crippen LogP contribution in [0.2, 0.25) is 0 Å². The molecule has 1 saturated heterocycles. The quantitative estimate of drug-likeness (QED) is 0.860. The lowest BCUT2D eigenvalue weighted by atomic mass is 9.94. The first-order chi connectivity index (χ1) is 10.3. The number of piperidine rings is 1. The summed E-state index contributed by atoms with van der Waals surface area (Å²) in [6.45, 7) is 2.30. The smallest absolute Gasteiger partial charge is 0.128 e. The number of hydrogen-bond acceptors (Lipinski definition) is 3. The van der Waals surface area contributed by atoms with Crippen LogP contribution in [0.3, 0.4) is 0 Å². The summed E-state index contributed by atoms with van der Waals surface area (Å²) in [6.07, 6.45) is 2.48. The molecule has 0 spiro atoms. The lowest BCUT2D eigenvalue weighted by Gasteiger charge is -2.29. The van der Waals surface area contributed by atoms with Gasteiger partial charge >= 0.3 is 0 Å². The lowest BCUT2D eigenvalue weighted by Crippen LogP contribution is -2.31. The Bertz CT molecular complexity index is 612. The fourth-order valence-electron chi connectivity index (χ4n) is 3.09. The molecule has 1 aromatic heterocycles. The van der Waals surface area contributed by atoms with E-state index < -0.39 is 0 Å². The largest absolute Gasteiger partial charge is 0.496 e. The van der Waals surface area contributed by atoms with Crippen LogP contribution in [0.1, 0.15) is 24.5 Å². The lowest BCUT2D eigenvalue weighted by molar-refractivity contribution is 0.248. The van der Waals surface area contributed by atoms with Crippen molar-refractivity contribution >= 4 is 0 Å². The molecule has 1 unspecified atom stereocenters. The summed E-state index contributed by atoms with van der Waals surface area (Å²) >= 11 is 0. The summed E-state index contributed by atoms with van der Waals surface area (Å²) in [5.74, 6) is 1.42. The highest BCUT2D eigenvalue weighted by molar-refractivity contribution is 5.67. The molecule has 1 aliphatic rings. The normalized spacial score (nSPS) is 19.4. The number of para-hydroxylation sites is 1. The van der Waals surface area contributed by atoms with Gasteiger partial charge in [0.15, 0.2) is 0 Å². The molecule has 2 aromatic rings. The number of methoxy groups -OCH3 is 1. The van der Waals surface area contributed by atoms with E-state index in [1.54, 1.807) is 7.11 Å². The highest BCUT2D eigenvalue weighted by Gasteiger charge is 2.20. The van der Waals surface area contributed by atoms with Gasteiger partial charge in [-0.1, -0.05) is 18.2 Å². The SMILES string of the molecule is COc1ccccc1-c1cccc(C2CCCN(C)C2)n1. The molecule has 0 aliphatic carbocycles. The summed E-state index contributed by atoms with van der Waals surface area (Å²) in [5.41, 5.74) is 3.26. The zero-order chi connectivity index (χ0) is 14.7. The van der Waals surface area contributed by atoms with E-state index in [4.69, 9.17) is 9.72 Å². The van der Waals surface area contributed by atoms with Gasteiger partial charge in [0.25, 0.3) is 0 Å². The van der Waals surface area contributed by atoms with Gasteiger partial charge in [-0.2, -0.15) is 0 Å². The van der Waals surface area contributed by atoms with E-state index in [-0.39, 0.29) is 0 Å². The second kappa shape index (κ2) is 6.27.